The molecule has 2 heterocycles. The van der Waals surface area contributed by atoms with Crippen molar-refractivity contribution in [3.8, 4) is 0 Å². The first-order chi connectivity index (χ1) is 14.6. The Kier molecular flexibility index (Phi) is 6.43. The van der Waals surface area contributed by atoms with Gasteiger partial charge in [0.25, 0.3) is 5.91 Å². The van der Waals surface area contributed by atoms with Gasteiger partial charge < -0.3 is 14.6 Å². The molecule has 30 heavy (non-hydrogen) atoms. The number of likely N-dealkylation sites (tertiary alicyclic amines) is 1. The molecule has 1 aliphatic heterocycles. The third-order valence-corrected chi connectivity index (χ3v) is 5.67. The van der Waals surface area contributed by atoms with Crippen molar-refractivity contribution in [1.82, 2.24) is 15.2 Å². The van der Waals surface area contributed by atoms with Gasteiger partial charge in [0.05, 0.1) is 6.42 Å². The highest BCUT2D eigenvalue weighted by molar-refractivity contribution is 5.97. The van der Waals surface area contributed by atoms with Crippen LogP contribution in [0.2, 0.25) is 0 Å². The molecule has 158 valence electrons. The molecule has 0 bridgehead atoms. The second kappa shape index (κ2) is 9.39. The molecule has 2 aromatic carbocycles. The molecular formula is C24H28FN3O2. The number of carbonyl (C=O) groups excluding carboxylic acids is 1. The van der Waals surface area contributed by atoms with E-state index in [-0.39, 0.29) is 18.1 Å². The monoisotopic (exact) mass is 409 g/mol. The number of hydrogen-bond donors (Lipinski definition) is 1. The molecule has 6 heteroatoms. The normalized spacial score (nSPS) is 17.3. The average Bonchev–Trinajstić information content (AvgIpc) is 3.14. The number of fused-ring (bicyclic) bond motifs is 1. The van der Waals surface area contributed by atoms with Gasteiger partial charge >= 0.3 is 0 Å². The van der Waals surface area contributed by atoms with E-state index in [1.54, 1.807) is 36.4 Å². The van der Waals surface area contributed by atoms with Crippen LogP contribution in [0.1, 0.15) is 48.0 Å². The summed E-state index contributed by atoms with van der Waals surface area (Å²) in [7, 11) is 0. The van der Waals surface area contributed by atoms with Crippen molar-refractivity contribution in [2.45, 2.75) is 32.6 Å². The molecule has 1 atom stereocenters. The summed E-state index contributed by atoms with van der Waals surface area (Å²) in [6, 6.07) is 11.8. The highest BCUT2D eigenvalue weighted by Gasteiger charge is 2.16. The van der Waals surface area contributed by atoms with Crippen LogP contribution in [0.5, 0.6) is 0 Å². The highest BCUT2D eigenvalue weighted by Crippen LogP contribution is 2.20. The largest absolute Gasteiger partial charge is 0.440 e. The molecular weight excluding hydrogens is 381 g/mol. The molecule has 1 aliphatic rings. The zero-order valence-corrected chi connectivity index (χ0v) is 17.4. The van der Waals surface area contributed by atoms with Crippen molar-refractivity contribution in [2.24, 2.45) is 5.92 Å². The number of halogens is 1. The number of benzene rings is 2. The lowest BCUT2D eigenvalue weighted by Gasteiger charge is -2.30. The molecule has 1 amide bonds. The van der Waals surface area contributed by atoms with Gasteiger partial charge in [0.1, 0.15) is 11.3 Å². The first-order valence-corrected chi connectivity index (χ1v) is 10.7. The standard InChI is InChI=1S/C24H28FN3O2/c1-17-6-4-12-28(16-17)13-5-11-26-24(29)19-9-10-21-22(14-19)30-23(27-21)15-18-7-2-3-8-20(18)25/h2-3,7-10,14,17H,4-6,11-13,15-16H2,1H3,(H,26,29)/t17-/m0/s1. The molecule has 0 spiro atoms. The van der Waals surface area contributed by atoms with E-state index in [1.165, 1.54) is 18.9 Å². The first-order valence-electron chi connectivity index (χ1n) is 10.7. The summed E-state index contributed by atoms with van der Waals surface area (Å²) in [6.07, 6.45) is 3.80. The minimum atomic E-state index is -0.279. The number of nitrogens with zero attached hydrogens (tertiary/aromatic N) is 2. The van der Waals surface area contributed by atoms with Gasteiger partial charge in [-0.1, -0.05) is 25.1 Å². The van der Waals surface area contributed by atoms with Crippen molar-refractivity contribution in [3.63, 3.8) is 0 Å². The Hall–Kier alpha value is -2.73. The van der Waals surface area contributed by atoms with E-state index in [9.17, 15) is 9.18 Å². The minimum Gasteiger partial charge on any atom is -0.440 e. The minimum absolute atomic E-state index is 0.115. The van der Waals surface area contributed by atoms with Crippen molar-refractivity contribution >= 4 is 17.0 Å². The Labute approximate surface area is 176 Å². The lowest BCUT2D eigenvalue weighted by molar-refractivity contribution is 0.0950. The topological polar surface area (TPSA) is 58.4 Å². The number of rotatable bonds is 7. The van der Waals surface area contributed by atoms with Crippen LogP contribution in [-0.4, -0.2) is 42.0 Å². The van der Waals surface area contributed by atoms with Crippen molar-refractivity contribution in [1.29, 1.82) is 0 Å². The number of carbonyl (C=O) groups is 1. The Morgan fingerprint density at radius 3 is 3.00 bits per heavy atom. The zero-order valence-electron chi connectivity index (χ0n) is 17.4. The van der Waals surface area contributed by atoms with Crippen molar-refractivity contribution in [3.05, 3.63) is 65.3 Å². The van der Waals surface area contributed by atoms with Gasteiger partial charge in [0, 0.05) is 18.7 Å². The maximum Gasteiger partial charge on any atom is 0.251 e. The Morgan fingerprint density at radius 2 is 2.17 bits per heavy atom. The van der Waals surface area contributed by atoms with Gasteiger partial charge in [0.2, 0.25) is 0 Å². The van der Waals surface area contributed by atoms with E-state index in [4.69, 9.17) is 4.42 Å². The van der Waals surface area contributed by atoms with Crippen LogP contribution in [0.15, 0.2) is 46.9 Å². The number of hydrogen-bond acceptors (Lipinski definition) is 4. The van der Waals surface area contributed by atoms with Crippen molar-refractivity contribution in [2.75, 3.05) is 26.2 Å². The SMILES string of the molecule is C[C@H]1CCCN(CCCNC(=O)c2ccc3nc(Cc4ccccc4F)oc3c2)C1. The fourth-order valence-electron chi connectivity index (χ4n) is 4.09. The smallest absolute Gasteiger partial charge is 0.251 e. The molecule has 0 radical (unpaired) electrons. The summed E-state index contributed by atoms with van der Waals surface area (Å²) < 4.78 is 19.6. The van der Waals surface area contributed by atoms with Gasteiger partial charge in [-0.05, 0) is 68.1 Å². The Morgan fingerprint density at radius 1 is 1.30 bits per heavy atom. The van der Waals surface area contributed by atoms with Gasteiger partial charge in [-0.3, -0.25) is 4.79 Å². The van der Waals surface area contributed by atoms with E-state index < -0.39 is 0 Å². The molecule has 0 saturated carbocycles. The van der Waals surface area contributed by atoms with Crippen LogP contribution in [0.25, 0.3) is 11.1 Å². The lowest BCUT2D eigenvalue weighted by Crippen LogP contribution is -2.36. The number of oxazole rings is 1. The molecule has 1 fully saturated rings. The van der Waals surface area contributed by atoms with Gasteiger partial charge in [-0.15, -0.1) is 0 Å². The summed E-state index contributed by atoms with van der Waals surface area (Å²) in [5.74, 6) is 0.809. The molecule has 0 aliphatic carbocycles. The van der Waals surface area contributed by atoms with Crippen LogP contribution in [0.4, 0.5) is 4.39 Å². The van der Waals surface area contributed by atoms with E-state index in [1.807, 2.05) is 0 Å². The summed E-state index contributed by atoms with van der Waals surface area (Å²) in [5.41, 5.74) is 2.28. The molecule has 1 aromatic heterocycles. The molecule has 1 saturated heterocycles. The summed E-state index contributed by atoms with van der Waals surface area (Å²) in [5, 5.41) is 2.99. The van der Waals surface area contributed by atoms with Crippen LogP contribution < -0.4 is 5.32 Å². The van der Waals surface area contributed by atoms with Gasteiger partial charge in [-0.2, -0.15) is 0 Å². The van der Waals surface area contributed by atoms with Gasteiger partial charge in [0.15, 0.2) is 11.5 Å². The fraction of sp³-hybridized carbons (Fsp3) is 0.417. The van der Waals surface area contributed by atoms with Crippen molar-refractivity contribution < 1.29 is 13.6 Å². The Bertz CT molecular complexity index is 1020. The quantitative estimate of drug-likeness (QED) is 0.587. The molecule has 1 N–H and O–H groups in total. The van der Waals surface area contributed by atoms with Crippen LogP contribution in [0, 0.1) is 11.7 Å². The maximum atomic E-state index is 13.9. The number of nitrogens with one attached hydrogen (secondary N) is 1. The maximum absolute atomic E-state index is 13.9. The highest BCUT2D eigenvalue weighted by atomic mass is 19.1. The van der Waals surface area contributed by atoms with Crippen LogP contribution >= 0.6 is 0 Å². The third-order valence-electron chi connectivity index (χ3n) is 5.67. The van der Waals surface area contributed by atoms with E-state index in [2.05, 4.69) is 22.1 Å². The molecule has 0 unspecified atom stereocenters. The summed E-state index contributed by atoms with van der Waals surface area (Å²) >= 11 is 0. The number of piperidine rings is 1. The average molecular weight is 410 g/mol. The number of amides is 1. The lowest BCUT2D eigenvalue weighted by atomic mass is 10.0. The second-order valence-electron chi connectivity index (χ2n) is 8.22. The van der Waals surface area contributed by atoms with E-state index in [0.29, 0.717) is 34.7 Å². The molecule has 3 aromatic rings. The van der Waals surface area contributed by atoms with E-state index in [0.717, 1.165) is 32.0 Å². The summed E-state index contributed by atoms with van der Waals surface area (Å²) in [4.78, 5) is 19.4. The fourth-order valence-corrected chi connectivity index (χ4v) is 4.09. The predicted octanol–water partition coefficient (Wildman–Crippen LogP) is 4.41. The second-order valence-corrected chi connectivity index (χ2v) is 8.22. The summed E-state index contributed by atoms with van der Waals surface area (Å²) in [6.45, 7) is 6.29. The number of aromatic nitrogens is 1. The first kappa shape index (κ1) is 20.5. The van der Waals surface area contributed by atoms with E-state index >= 15 is 0 Å². The van der Waals surface area contributed by atoms with Crippen LogP contribution in [0.3, 0.4) is 0 Å². The van der Waals surface area contributed by atoms with Crippen LogP contribution in [-0.2, 0) is 6.42 Å². The van der Waals surface area contributed by atoms with Gasteiger partial charge in [-0.25, -0.2) is 9.37 Å². The third kappa shape index (κ3) is 5.05. The molecule has 4 rings (SSSR count). The Balaban J connectivity index is 1.32. The zero-order chi connectivity index (χ0) is 20.9. The molecule has 5 nitrogen and oxygen atoms in total. The predicted molar refractivity (Wildman–Crippen MR) is 115 cm³/mol.